The number of hydrogen-bond donors (Lipinski definition) is 2. The van der Waals surface area contributed by atoms with E-state index in [2.05, 4.69) is 39.4 Å². The lowest BCUT2D eigenvalue weighted by Gasteiger charge is -2.22. The van der Waals surface area contributed by atoms with E-state index in [-0.39, 0.29) is 29.9 Å². The first-order valence-electron chi connectivity index (χ1n) is 10.1. The van der Waals surface area contributed by atoms with E-state index in [1.165, 1.54) is 25.7 Å². The number of aliphatic imine (C=N–C) groups is 1. The molecule has 7 heteroatoms. The number of halogens is 1. The molecule has 0 aromatic carbocycles. The van der Waals surface area contributed by atoms with Crippen LogP contribution in [0.5, 0.6) is 0 Å². The molecule has 1 saturated carbocycles. The maximum absolute atomic E-state index is 12.5. The van der Waals surface area contributed by atoms with E-state index in [0.717, 1.165) is 57.9 Å². The van der Waals surface area contributed by atoms with Crippen molar-refractivity contribution in [2.75, 3.05) is 46.8 Å². The van der Waals surface area contributed by atoms with Crippen LogP contribution in [0.25, 0.3) is 0 Å². The van der Waals surface area contributed by atoms with Crippen LogP contribution in [0.3, 0.4) is 0 Å². The number of amides is 1. The monoisotopic (exact) mass is 479 g/mol. The van der Waals surface area contributed by atoms with Gasteiger partial charge >= 0.3 is 0 Å². The Hall–Kier alpha value is -0.570. The summed E-state index contributed by atoms with van der Waals surface area (Å²) in [5.74, 6) is 1.51. The van der Waals surface area contributed by atoms with Gasteiger partial charge in [-0.25, -0.2) is 0 Å². The van der Waals surface area contributed by atoms with Crippen molar-refractivity contribution in [3.63, 3.8) is 0 Å². The van der Waals surface area contributed by atoms with Gasteiger partial charge in [0.25, 0.3) is 0 Å². The Bertz CT molecular complexity index is 440. The second kappa shape index (κ2) is 12.8. The van der Waals surface area contributed by atoms with Gasteiger partial charge in [-0.15, -0.1) is 24.0 Å². The van der Waals surface area contributed by atoms with Crippen LogP contribution < -0.4 is 10.6 Å². The molecule has 1 saturated heterocycles. The minimum absolute atomic E-state index is 0. The van der Waals surface area contributed by atoms with Gasteiger partial charge in [0, 0.05) is 45.2 Å². The second-order valence-electron chi connectivity index (χ2n) is 7.55. The van der Waals surface area contributed by atoms with Crippen molar-refractivity contribution in [2.45, 2.75) is 57.9 Å². The van der Waals surface area contributed by atoms with Gasteiger partial charge in [-0.2, -0.15) is 0 Å². The zero-order chi connectivity index (χ0) is 18.1. The van der Waals surface area contributed by atoms with E-state index >= 15 is 0 Å². The Morgan fingerprint density at radius 1 is 1.23 bits per heavy atom. The van der Waals surface area contributed by atoms with Crippen LogP contribution in [-0.4, -0.2) is 74.5 Å². The molecular formula is C19H38IN5O. The fraction of sp³-hybridized carbons (Fsp3) is 0.895. The lowest BCUT2D eigenvalue weighted by Crippen LogP contribution is -2.47. The zero-order valence-corrected chi connectivity index (χ0v) is 19.1. The summed E-state index contributed by atoms with van der Waals surface area (Å²) in [5, 5.41) is 6.88. The van der Waals surface area contributed by atoms with Crippen molar-refractivity contribution in [3.8, 4) is 0 Å². The molecule has 2 aliphatic rings. The highest BCUT2D eigenvalue weighted by Gasteiger charge is 2.32. The molecule has 2 rings (SSSR count). The molecule has 1 unspecified atom stereocenters. The van der Waals surface area contributed by atoms with E-state index in [1.54, 1.807) is 0 Å². The van der Waals surface area contributed by atoms with Gasteiger partial charge in [0.15, 0.2) is 5.96 Å². The fourth-order valence-electron chi connectivity index (χ4n) is 3.80. The summed E-state index contributed by atoms with van der Waals surface area (Å²) in [6.07, 6.45) is 8.10. The molecule has 1 amide bonds. The third kappa shape index (κ3) is 7.58. The van der Waals surface area contributed by atoms with E-state index < -0.39 is 0 Å². The lowest BCUT2D eigenvalue weighted by atomic mass is 10.1. The van der Waals surface area contributed by atoms with Gasteiger partial charge in [0.05, 0.1) is 0 Å². The summed E-state index contributed by atoms with van der Waals surface area (Å²) < 4.78 is 0. The molecule has 0 bridgehead atoms. The molecule has 6 nitrogen and oxygen atoms in total. The topological polar surface area (TPSA) is 60.0 Å². The summed E-state index contributed by atoms with van der Waals surface area (Å²) in [4.78, 5) is 21.3. The number of likely N-dealkylation sites (tertiary alicyclic amines) is 1. The second-order valence-corrected chi connectivity index (χ2v) is 7.55. The Balaban J connectivity index is 0.00000338. The van der Waals surface area contributed by atoms with Gasteiger partial charge in [-0.05, 0) is 39.3 Å². The number of nitrogens with one attached hydrogen (secondary N) is 2. The van der Waals surface area contributed by atoms with Crippen molar-refractivity contribution in [1.82, 2.24) is 20.4 Å². The number of carbonyl (C=O) groups excluding carboxylic acids is 1. The molecule has 0 aromatic rings. The highest BCUT2D eigenvalue weighted by Crippen LogP contribution is 2.27. The van der Waals surface area contributed by atoms with E-state index in [1.807, 2.05) is 7.05 Å². The number of carbonyl (C=O) groups is 1. The molecule has 152 valence electrons. The number of unbranched alkanes of at least 4 members (excludes halogenated alkanes) is 1. The number of rotatable bonds is 8. The van der Waals surface area contributed by atoms with Gasteiger partial charge in [-0.1, -0.05) is 26.2 Å². The van der Waals surface area contributed by atoms with Gasteiger partial charge in [0.2, 0.25) is 5.91 Å². The van der Waals surface area contributed by atoms with Crippen LogP contribution in [-0.2, 0) is 4.79 Å². The van der Waals surface area contributed by atoms with E-state index in [0.29, 0.717) is 11.9 Å². The Morgan fingerprint density at radius 2 is 1.96 bits per heavy atom. The number of guanidine groups is 1. The van der Waals surface area contributed by atoms with Crippen LogP contribution in [0.4, 0.5) is 0 Å². The van der Waals surface area contributed by atoms with Crippen molar-refractivity contribution < 1.29 is 4.79 Å². The number of likely N-dealkylation sites (N-methyl/N-ethyl adjacent to an activating group) is 1. The Kier molecular flexibility index (Phi) is 11.5. The zero-order valence-electron chi connectivity index (χ0n) is 16.8. The Labute approximate surface area is 176 Å². The molecular weight excluding hydrogens is 441 g/mol. The number of nitrogens with zero attached hydrogens (tertiary/aromatic N) is 3. The average Bonchev–Trinajstić information content (AvgIpc) is 3.30. The van der Waals surface area contributed by atoms with Crippen molar-refractivity contribution in [3.05, 3.63) is 0 Å². The Morgan fingerprint density at radius 3 is 2.62 bits per heavy atom. The molecule has 1 atom stereocenters. The lowest BCUT2D eigenvalue weighted by molar-refractivity contribution is -0.134. The standard InChI is InChI=1S/C19H37N5O.HI/c1-4-5-12-23(3)14-11-21-19(20-2)22-17-10-13-24(15-17)18(25)16-8-6-7-9-16;/h16-17H,4-15H2,1-3H3,(H2,20,21,22);1H. The first-order chi connectivity index (χ1) is 12.1. The van der Waals surface area contributed by atoms with Crippen LogP contribution in [0.15, 0.2) is 4.99 Å². The van der Waals surface area contributed by atoms with Gasteiger partial charge in [0.1, 0.15) is 0 Å². The molecule has 2 fully saturated rings. The maximum atomic E-state index is 12.5. The molecule has 0 spiro atoms. The summed E-state index contributed by atoms with van der Waals surface area (Å²) in [6.45, 7) is 6.95. The molecule has 1 aliphatic heterocycles. The summed E-state index contributed by atoms with van der Waals surface area (Å²) >= 11 is 0. The third-order valence-corrected chi connectivity index (χ3v) is 5.45. The largest absolute Gasteiger partial charge is 0.355 e. The highest BCUT2D eigenvalue weighted by atomic mass is 127. The first kappa shape index (κ1) is 23.5. The van der Waals surface area contributed by atoms with E-state index in [4.69, 9.17) is 0 Å². The molecule has 0 radical (unpaired) electrons. The van der Waals surface area contributed by atoms with E-state index in [9.17, 15) is 4.79 Å². The van der Waals surface area contributed by atoms with Crippen LogP contribution in [0.1, 0.15) is 51.9 Å². The third-order valence-electron chi connectivity index (χ3n) is 5.45. The summed E-state index contributed by atoms with van der Waals surface area (Å²) in [6, 6.07) is 0.314. The van der Waals surface area contributed by atoms with Crippen LogP contribution in [0, 0.1) is 5.92 Å². The molecule has 26 heavy (non-hydrogen) atoms. The van der Waals surface area contributed by atoms with Gasteiger partial charge in [-0.3, -0.25) is 9.79 Å². The number of hydrogen-bond acceptors (Lipinski definition) is 3. The van der Waals surface area contributed by atoms with Crippen molar-refractivity contribution in [1.29, 1.82) is 0 Å². The average molecular weight is 479 g/mol. The normalized spacial score (nSPS) is 21.2. The predicted molar refractivity (Wildman–Crippen MR) is 119 cm³/mol. The minimum atomic E-state index is 0. The molecule has 2 N–H and O–H groups in total. The quantitative estimate of drug-likeness (QED) is 0.319. The highest BCUT2D eigenvalue weighted by molar-refractivity contribution is 14.0. The first-order valence-corrected chi connectivity index (χ1v) is 10.1. The minimum Gasteiger partial charge on any atom is -0.355 e. The predicted octanol–water partition coefficient (Wildman–Crippen LogP) is 2.29. The van der Waals surface area contributed by atoms with Crippen LogP contribution >= 0.6 is 24.0 Å². The summed E-state index contributed by atoms with van der Waals surface area (Å²) in [7, 11) is 3.98. The van der Waals surface area contributed by atoms with Crippen LogP contribution in [0.2, 0.25) is 0 Å². The fourth-order valence-corrected chi connectivity index (χ4v) is 3.80. The molecule has 1 heterocycles. The smallest absolute Gasteiger partial charge is 0.225 e. The van der Waals surface area contributed by atoms with Crippen molar-refractivity contribution >= 4 is 35.8 Å². The molecule has 1 aliphatic carbocycles. The van der Waals surface area contributed by atoms with Gasteiger partial charge < -0.3 is 20.4 Å². The molecule has 0 aromatic heterocycles. The maximum Gasteiger partial charge on any atom is 0.225 e. The SMILES string of the molecule is CCCCN(C)CCNC(=NC)NC1CCN(C(=O)C2CCCC2)C1.I. The van der Waals surface area contributed by atoms with Crippen molar-refractivity contribution in [2.24, 2.45) is 10.9 Å². The summed E-state index contributed by atoms with van der Waals surface area (Å²) in [5.41, 5.74) is 0.